The summed E-state index contributed by atoms with van der Waals surface area (Å²) in [5.41, 5.74) is 1.89. The van der Waals surface area contributed by atoms with E-state index in [0.717, 1.165) is 36.4 Å². The minimum absolute atomic E-state index is 0.188. The number of carbonyl (C=O) groups excluding carboxylic acids is 1. The smallest absolute Gasteiger partial charge is 0.254 e. The topological polar surface area (TPSA) is 23.6 Å². The van der Waals surface area contributed by atoms with Crippen molar-refractivity contribution in [3.05, 3.63) is 29.8 Å². The third kappa shape index (κ3) is 5.17. The van der Waals surface area contributed by atoms with Crippen molar-refractivity contribution in [1.29, 1.82) is 0 Å². The summed E-state index contributed by atoms with van der Waals surface area (Å²) in [6.45, 7) is 7.62. The van der Waals surface area contributed by atoms with Crippen molar-refractivity contribution in [1.82, 2.24) is 4.90 Å². The zero-order valence-electron chi connectivity index (χ0n) is 15.1. The predicted molar refractivity (Wildman–Crippen MR) is 102 cm³/mol. The van der Waals surface area contributed by atoms with Crippen LogP contribution in [-0.4, -0.2) is 48.0 Å². The van der Waals surface area contributed by atoms with Gasteiger partial charge in [0.25, 0.3) is 5.91 Å². The standard InChI is InChI=1S/C19H30N2OS/c1-19(2,3)23-14-17-10-6-7-12-21(17)18(22)15-9-8-11-16(13-15)20(4)5/h8-9,11,13,17H,6-7,10,12,14H2,1-5H3/t17-/m1/s1. The highest BCUT2D eigenvalue weighted by molar-refractivity contribution is 8.00. The minimum Gasteiger partial charge on any atom is -0.378 e. The van der Waals surface area contributed by atoms with Crippen molar-refractivity contribution in [2.75, 3.05) is 31.3 Å². The second kappa shape index (κ2) is 7.61. The largest absolute Gasteiger partial charge is 0.378 e. The van der Waals surface area contributed by atoms with Crippen LogP contribution in [-0.2, 0) is 0 Å². The Morgan fingerprint density at radius 1 is 1.30 bits per heavy atom. The number of carbonyl (C=O) groups is 1. The Balaban J connectivity index is 2.13. The first-order chi connectivity index (χ1) is 10.8. The van der Waals surface area contributed by atoms with Crippen LogP contribution in [0.3, 0.4) is 0 Å². The molecule has 0 spiro atoms. The van der Waals surface area contributed by atoms with Crippen LogP contribution >= 0.6 is 11.8 Å². The molecule has 0 aliphatic carbocycles. The van der Waals surface area contributed by atoms with Crippen LogP contribution in [0.2, 0.25) is 0 Å². The Kier molecular flexibility index (Phi) is 6.01. The summed E-state index contributed by atoms with van der Waals surface area (Å²) in [7, 11) is 4.01. The highest BCUT2D eigenvalue weighted by Gasteiger charge is 2.28. The molecule has 1 amide bonds. The summed E-state index contributed by atoms with van der Waals surface area (Å²) in [6, 6.07) is 8.33. The molecule has 0 aromatic heterocycles. The normalized spacial score (nSPS) is 18.8. The molecule has 2 rings (SSSR count). The zero-order chi connectivity index (χ0) is 17.0. The first kappa shape index (κ1) is 18.2. The molecule has 4 heteroatoms. The van der Waals surface area contributed by atoms with Crippen LogP contribution in [0.1, 0.15) is 50.4 Å². The molecule has 0 unspecified atom stereocenters. The van der Waals surface area contributed by atoms with Crippen LogP contribution in [0.5, 0.6) is 0 Å². The number of amides is 1. The number of piperidine rings is 1. The molecule has 1 aromatic carbocycles. The van der Waals surface area contributed by atoms with Crippen LogP contribution in [0.4, 0.5) is 5.69 Å². The van der Waals surface area contributed by atoms with Gasteiger partial charge in [-0.2, -0.15) is 11.8 Å². The van der Waals surface area contributed by atoms with Gasteiger partial charge in [0.2, 0.25) is 0 Å². The van der Waals surface area contributed by atoms with E-state index >= 15 is 0 Å². The maximum Gasteiger partial charge on any atom is 0.254 e. The van der Waals surface area contributed by atoms with Gasteiger partial charge in [0.05, 0.1) is 0 Å². The van der Waals surface area contributed by atoms with Crippen LogP contribution in [0.25, 0.3) is 0 Å². The molecule has 1 fully saturated rings. The van der Waals surface area contributed by atoms with Gasteiger partial charge in [-0.3, -0.25) is 4.79 Å². The van der Waals surface area contributed by atoms with Crippen molar-refractivity contribution in [2.24, 2.45) is 0 Å². The molecule has 0 N–H and O–H groups in total. The molecule has 1 aliphatic rings. The third-order valence-electron chi connectivity index (χ3n) is 4.21. The number of hydrogen-bond donors (Lipinski definition) is 0. The average molecular weight is 335 g/mol. The van der Waals surface area contributed by atoms with Gasteiger partial charge in [0.1, 0.15) is 0 Å². The van der Waals surface area contributed by atoms with E-state index in [0.29, 0.717) is 6.04 Å². The van der Waals surface area contributed by atoms with E-state index in [4.69, 9.17) is 0 Å². The second-order valence-electron chi connectivity index (χ2n) is 7.52. The van der Waals surface area contributed by atoms with Gasteiger partial charge in [-0.15, -0.1) is 0 Å². The van der Waals surface area contributed by atoms with Gasteiger partial charge in [-0.05, 0) is 37.5 Å². The fourth-order valence-electron chi connectivity index (χ4n) is 2.87. The minimum atomic E-state index is 0.188. The number of nitrogens with zero attached hydrogens (tertiary/aromatic N) is 2. The Labute approximate surface area is 145 Å². The molecule has 3 nitrogen and oxygen atoms in total. The summed E-state index contributed by atoms with van der Waals surface area (Å²) in [6.07, 6.45) is 3.48. The van der Waals surface area contributed by atoms with E-state index in [1.165, 1.54) is 6.42 Å². The van der Waals surface area contributed by atoms with Gasteiger partial charge >= 0.3 is 0 Å². The highest BCUT2D eigenvalue weighted by atomic mass is 32.2. The molecule has 1 atom stereocenters. The van der Waals surface area contributed by atoms with Crippen molar-refractivity contribution in [3.8, 4) is 0 Å². The van der Waals surface area contributed by atoms with Gasteiger partial charge in [-0.25, -0.2) is 0 Å². The summed E-state index contributed by atoms with van der Waals surface area (Å²) in [4.78, 5) is 17.2. The Morgan fingerprint density at radius 3 is 2.70 bits per heavy atom. The molecular weight excluding hydrogens is 304 g/mol. The number of likely N-dealkylation sites (tertiary alicyclic amines) is 1. The molecule has 1 aliphatic heterocycles. The number of hydrogen-bond acceptors (Lipinski definition) is 3. The molecule has 128 valence electrons. The first-order valence-corrected chi connectivity index (χ1v) is 9.49. The van der Waals surface area contributed by atoms with E-state index in [9.17, 15) is 4.79 Å². The quantitative estimate of drug-likeness (QED) is 0.821. The third-order valence-corrected chi connectivity index (χ3v) is 5.62. The monoisotopic (exact) mass is 334 g/mol. The summed E-state index contributed by atoms with van der Waals surface area (Å²) < 4.78 is 0.247. The SMILES string of the molecule is CN(C)c1cccc(C(=O)N2CCCC[C@@H]2CSC(C)(C)C)c1. The lowest BCUT2D eigenvalue weighted by Gasteiger charge is -2.37. The molecule has 1 heterocycles. The lowest BCUT2D eigenvalue weighted by molar-refractivity contribution is 0.0640. The fourth-order valence-corrected chi connectivity index (χ4v) is 3.91. The van der Waals surface area contributed by atoms with Gasteiger partial charge in [0.15, 0.2) is 0 Å². The maximum atomic E-state index is 13.0. The van der Waals surface area contributed by atoms with Gasteiger partial charge in [0, 0.05) is 48.4 Å². The second-order valence-corrected chi connectivity index (χ2v) is 9.36. The van der Waals surface area contributed by atoms with E-state index in [-0.39, 0.29) is 10.7 Å². The van der Waals surface area contributed by atoms with E-state index < -0.39 is 0 Å². The lowest BCUT2D eigenvalue weighted by atomic mass is 10.0. The number of rotatable bonds is 4. The summed E-state index contributed by atoms with van der Waals surface area (Å²) in [5.74, 6) is 1.22. The van der Waals surface area contributed by atoms with Crippen molar-refractivity contribution in [3.63, 3.8) is 0 Å². The highest BCUT2D eigenvalue weighted by Crippen LogP contribution is 2.29. The molecule has 0 bridgehead atoms. The number of thioether (sulfide) groups is 1. The fraction of sp³-hybridized carbons (Fsp3) is 0.632. The maximum absolute atomic E-state index is 13.0. The zero-order valence-corrected chi connectivity index (χ0v) is 15.9. The first-order valence-electron chi connectivity index (χ1n) is 8.50. The average Bonchev–Trinajstić information content (AvgIpc) is 2.52. The van der Waals surface area contributed by atoms with E-state index in [2.05, 4.69) is 25.7 Å². The van der Waals surface area contributed by atoms with Crippen LogP contribution in [0, 0.1) is 0 Å². The van der Waals surface area contributed by atoms with E-state index in [1.54, 1.807) is 0 Å². The molecule has 1 saturated heterocycles. The van der Waals surface area contributed by atoms with Gasteiger partial charge < -0.3 is 9.80 Å². The van der Waals surface area contributed by atoms with Crippen molar-refractivity contribution < 1.29 is 4.79 Å². The summed E-state index contributed by atoms with van der Waals surface area (Å²) in [5, 5.41) is 0. The number of benzene rings is 1. The summed E-state index contributed by atoms with van der Waals surface area (Å²) >= 11 is 1.96. The molecular formula is C19H30N2OS. The van der Waals surface area contributed by atoms with Crippen LogP contribution < -0.4 is 4.90 Å². The van der Waals surface area contributed by atoms with Crippen molar-refractivity contribution >= 4 is 23.4 Å². The number of anilines is 1. The molecule has 23 heavy (non-hydrogen) atoms. The Bertz CT molecular complexity index is 536. The predicted octanol–water partition coefficient (Wildman–Crippen LogP) is 4.28. The van der Waals surface area contributed by atoms with Crippen LogP contribution in [0.15, 0.2) is 24.3 Å². The van der Waals surface area contributed by atoms with E-state index in [1.807, 2.05) is 55.0 Å². The molecule has 0 radical (unpaired) electrons. The lowest BCUT2D eigenvalue weighted by Crippen LogP contribution is -2.45. The molecule has 0 saturated carbocycles. The Morgan fingerprint density at radius 2 is 2.04 bits per heavy atom. The Hall–Kier alpha value is -1.16. The molecule has 1 aromatic rings. The van der Waals surface area contributed by atoms with Gasteiger partial charge in [-0.1, -0.05) is 26.8 Å². The van der Waals surface area contributed by atoms with Crippen molar-refractivity contribution in [2.45, 2.75) is 50.8 Å².